The highest BCUT2D eigenvalue weighted by molar-refractivity contribution is 5.79. The summed E-state index contributed by atoms with van der Waals surface area (Å²) in [5.74, 6) is 1.51. The summed E-state index contributed by atoms with van der Waals surface area (Å²) >= 11 is 0. The zero-order valence-electron chi connectivity index (χ0n) is 17.2. The van der Waals surface area contributed by atoms with Crippen molar-refractivity contribution in [2.45, 2.75) is 70.5 Å². The third-order valence-corrected chi connectivity index (χ3v) is 6.48. The first-order valence-corrected chi connectivity index (χ1v) is 11.2. The van der Waals surface area contributed by atoms with Crippen LogP contribution < -0.4 is 10.2 Å². The van der Waals surface area contributed by atoms with Gasteiger partial charge in [0.25, 0.3) is 0 Å². The van der Waals surface area contributed by atoms with Crippen LogP contribution in [0, 0.1) is 5.92 Å². The molecule has 1 aliphatic heterocycles. The van der Waals surface area contributed by atoms with E-state index in [9.17, 15) is 4.79 Å². The number of quaternary nitrogens is 1. The van der Waals surface area contributed by atoms with Crippen molar-refractivity contribution in [3.05, 3.63) is 41.7 Å². The molecule has 0 unspecified atom stereocenters. The van der Waals surface area contributed by atoms with Gasteiger partial charge in [0.15, 0.2) is 0 Å². The minimum atomic E-state index is 0.253. The fourth-order valence-corrected chi connectivity index (χ4v) is 4.66. The third-order valence-electron chi connectivity index (χ3n) is 6.48. The van der Waals surface area contributed by atoms with E-state index in [1.807, 2.05) is 10.7 Å². The number of piperidine rings is 1. The lowest BCUT2D eigenvalue weighted by atomic mass is 9.88. The van der Waals surface area contributed by atoms with Crippen LogP contribution >= 0.6 is 0 Å². The van der Waals surface area contributed by atoms with Crippen molar-refractivity contribution >= 4 is 5.91 Å². The van der Waals surface area contributed by atoms with Crippen LogP contribution in [0.1, 0.15) is 56.3 Å². The van der Waals surface area contributed by atoms with Crippen LogP contribution in [0.2, 0.25) is 0 Å². The second kappa shape index (κ2) is 9.96. The monoisotopic (exact) mass is 397 g/mol. The lowest BCUT2D eigenvalue weighted by Gasteiger charge is -2.31. The maximum Gasteiger partial charge on any atom is 0.223 e. The summed E-state index contributed by atoms with van der Waals surface area (Å²) < 4.78 is 1.94. The Labute approximate surface area is 172 Å². The summed E-state index contributed by atoms with van der Waals surface area (Å²) in [6, 6.07) is 10.8. The summed E-state index contributed by atoms with van der Waals surface area (Å²) in [5.41, 5.74) is 1.30. The van der Waals surface area contributed by atoms with E-state index < -0.39 is 0 Å². The number of hydrogen-bond acceptors (Lipinski definition) is 4. The molecule has 7 heteroatoms. The molecule has 0 atom stereocenters. The molecule has 0 radical (unpaired) electrons. The second-order valence-electron chi connectivity index (χ2n) is 8.60. The molecule has 2 N–H and O–H groups in total. The number of likely N-dealkylation sites (tertiary alicyclic amines) is 1. The fraction of sp³-hybridized carbons (Fsp3) is 0.636. The van der Waals surface area contributed by atoms with Gasteiger partial charge < -0.3 is 10.2 Å². The first kappa shape index (κ1) is 20.0. The van der Waals surface area contributed by atoms with Gasteiger partial charge in [-0.05, 0) is 35.3 Å². The summed E-state index contributed by atoms with van der Waals surface area (Å²) in [6.45, 7) is 3.77. The Morgan fingerprint density at radius 3 is 2.59 bits per heavy atom. The Morgan fingerprint density at radius 1 is 1.07 bits per heavy atom. The molecule has 1 aromatic carbocycles. The summed E-state index contributed by atoms with van der Waals surface area (Å²) in [7, 11) is 0. The second-order valence-corrected chi connectivity index (χ2v) is 8.60. The molecule has 1 amide bonds. The largest absolute Gasteiger partial charge is 0.353 e. The number of amides is 1. The van der Waals surface area contributed by atoms with Crippen molar-refractivity contribution in [3.8, 4) is 0 Å². The molecule has 1 saturated carbocycles. The number of rotatable bonds is 7. The van der Waals surface area contributed by atoms with Crippen LogP contribution in [-0.2, 0) is 24.3 Å². The minimum absolute atomic E-state index is 0.253. The highest BCUT2D eigenvalue weighted by Crippen LogP contribution is 2.24. The Bertz CT molecular complexity index is 763. The van der Waals surface area contributed by atoms with Gasteiger partial charge in [0.05, 0.1) is 13.1 Å². The van der Waals surface area contributed by atoms with E-state index in [1.165, 1.54) is 29.7 Å². The van der Waals surface area contributed by atoms with Crippen LogP contribution in [0.4, 0.5) is 0 Å². The summed E-state index contributed by atoms with van der Waals surface area (Å²) in [6.07, 6.45) is 8.86. The molecule has 1 aliphatic carbocycles. The number of carbonyl (C=O) groups excluding carboxylic acids is 1. The predicted octanol–water partition coefficient (Wildman–Crippen LogP) is 1.16. The van der Waals surface area contributed by atoms with Gasteiger partial charge in [-0.15, -0.1) is 5.10 Å². The van der Waals surface area contributed by atoms with Gasteiger partial charge in [-0.2, -0.15) is 0 Å². The maximum atomic E-state index is 12.5. The molecule has 1 saturated heterocycles. The molecule has 0 spiro atoms. The first-order chi connectivity index (χ1) is 14.3. The van der Waals surface area contributed by atoms with Crippen LogP contribution in [0.5, 0.6) is 0 Å². The Hall–Kier alpha value is -2.28. The van der Waals surface area contributed by atoms with Gasteiger partial charge >= 0.3 is 0 Å². The topological polar surface area (TPSA) is 77.1 Å². The summed E-state index contributed by atoms with van der Waals surface area (Å²) in [5, 5.41) is 15.7. The van der Waals surface area contributed by atoms with Crippen LogP contribution in [0.3, 0.4) is 0 Å². The Morgan fingerprint density at radius 2 is 1.83 bits per heavy atom. The number of tetrazole rings is 1. The van der Waals surface area contributed by atoms with Crippen LogP contribution in [0.15, 0.2) is 30.3 Å². The highest BCUT2D eigenvalue weighted by Gasteiger charge is 2.28. The van der Waals surface area contributed by atoms with Crippen molar-refractivity contribution in [2.75, 3.05) is 13.1 Å². The average molecular weight is 398 g/mol. The first-order valence-electron chi connectivity index (χ1n) is 11.2. The SMILES string of the molecule is O=C(NC1CC[NH+](Cc2nnnn2CCc2ccccc2)CC1)C1CCCCC1. The predicted molar refractivity (Wildman–Crippen MR) is 110 cm³/mol. The molecule has 2 aliphatic rings. The fourth-order valence-electron chi connectivity index (χ4n) is 4.66. The molecule has 0 bridgehead atoms. The molecule has 4 rings (SSSR count). The van der Waals surface area contributed by atoms with E-state index in [-0.39, 0.29) is 5.92 Å². The molecule has 156 valence electrons. The van der Waals surface area contributed by atoms with Crippen molar-refractivity contribution in [3.63, 3.8) is 0 Å². The van der Waals surface area contributed by atoms with Gasteiger partial charge in [-0.1, -0.05) is 49.6 Å². The molecule has 29 heavy (non-hydrogen) atoms. The zero-order valence-corrected chi connectivity index (χ0v) is 17.2. The number of nitrogens with zero attached hydrogens (tertiary/aromatic N) is 4. The van der Waals surface area contributed by atoms with Crippen LogP contribution in [-0.4, -0.2) is 45.2 Å². The van der Waals surface area contributed by atoms with E-state index in [0.717, 1.165) is 64.1 Å². The number of aryl methyl sites for hydroxylation is 2. The van der Waals surface area contributed by atoms with E-state index in [4.69, 9.17) is 0 Å². The lowest BCUT2D eigenvalue weighted by molar-refractivity contribution is -0.919. The van der Waals surface area contributed by atoms with Gasteiger partial charge in [-0.25, -0.2) is 4.68 Å². The van der Waals surface area contributed by atoms with Gasteiger partial charge in [0.1, 0.15) is 6.54 Å². The zero-order chi connectivity index (χ0) is 19.9. The van der Waals surface area contributed by atoms with E-state index >= 15 is 0 Å². The number of aromatic nitrogens is 4. The smallest absolute Gasteiger partial charge is 0.223 e. The molecule has 2 heterocycles. The van der Waals surface area contributed by atoms with Crippen LogP contribution in [0.25, 0.3) is 0 Å². The van der Waals surface area contributed by atoms with E-state index in [0.29, 0.717) is 11.9 Å². The number of hydrogen-bond donors (Lipinski definition) is 2. The average Bonchev–Trinajstić information content (AvgIpc) is 3.22. The Balaban J connectivity index is 1.22. The minimum Gasteiger partial charge on any atom is -0.353 e. The normalized spacial score (nSPS) is 23.0. The highest BCUT2D eigenvalue weighted by atomic mass is 16.1. The Kier molecular flexibility index (Phi) is 6.87. The number of benzene rings is 1. The molecular formula is C22H33N6O+. The lowest BCUT2D eigenvalue weighted by Crippen LogP contribution is -3.12. The maximum absolute atomic E-state index is 12.5. The van der Waals surface area contributed by atoms with Crippen molar-refractivity contribution in [1.29, 1.82) is 0 Å². The third kappa shape index (κ3) is 5.63. The quantitative estimate of drug-likeness (QED) is 0.735. The summed E-state index contributed by atoms with van der Waals surface area (Å²) in [4.78, 5) is 14.0. The molecular weight excluding hydrogens is 364 g/mol. The molecule has 2 fully saturated rings. The van der Waals surface area contributed by atoms with Crippen molar-refractivity contribution in [1.82, 2.24) is 25.5 Å². The molecule has 7 nitrogen and oxygen atoms in total. The van der Waals surface area contributed by atoms with E-state index in [2.05, 4.69) is 45.1 Å². The van der Waals surface area contributed by atoms with Gasteiger partial charge in [0.2, 0.25) is 11.7 Å². The van der Waals surface area contributed by atoms with Crippen molar-refractivity contribution in [2.24, 2.45) is 5.92 Å². The molecule has 2 aromatic rings. The number of carbonyl (C=O) groups is 1. The van der Waals surface area contributed by atoms with Crippen molar-refractivity contribution < 1.29 is 9.69 Å². The molecule has 1 aromatic heterocycles. The van der Waals surface area contributed by atoms with Gasteiger partial charge in [-0.3, -0.25) is 4.79 Å². The van der Waals surface area contributed by atoms with E-state index in [1.54, 1.807) is 0 Å². The van der Waals surface area contributed by atoms with Gasteiger partial charge in [0, 0.05) is 31.3 Å². The standard InChI is InChI=1S/C22H32N6O/c29-22(19-9-5-2-6-10-19)23-20-12-14-27(15-13-20)17-21-24-25-26-28(21)16-11-18-7-3-1-4-8-18/h1,3-4,7-8,19-20H,2,5-6,9-17H2,(H,23,29)/p+1. The number of nitrogens with one attached hydrogen (secondary N) is 2.